The lowest BCUT2D eigenvalue weighted by molar-refractivity contribution is 0.258. The van der Waals surface area contributed by atoms with E-state index < -0.39 is 10.0 Å². The molecule has 2 fully saturated rings. The van der Waals surface area contributed by atoms with Crippen LogP contribution >= 0.6 is 0 Å². The van der Waals surface area contributed by atoms with Crippen LogP contribution in [0.4, 0.5) is 0 Å². The van der Waals surface area contributed by atoms with Crippen molar-refractivity contribution >= 4 is 10.0 Å². The van der Waals surface area contributed by atoms with Crippen LogP contribution in [-0.4, -0.2) is 56.1 Å². The zero-order valence-corrected chi connectivity index (χ0v) is 10.2. The van der Waals surface area contributed by atoms with Gasteiger partial charge >= 0.3 is 0 Å². The molecular weight excluding hydrogens is 212 g/mol. The summed E-state index contributed by atoms with van der Waals surface area (Å²) in [6.07, 6.45) is 5.92. The third-order valence-electron chi connectivity index (χ3n) is 3.42. The van der Waals surface area contributed by atoms with Crippen molar-refractivity contribution in [3.05, 3.63) is 0 Å². The Kier molecular flexibility index (Phi) is 3.33. The van der Waals surface area contributed by atoms with Gasteiger partial charge in [0.05, 0.1) is 6.26 Å². The van der Waals surface area contributed by atoms with Gasteiger partial charge in [-0.2, -0.15) is 4.31 Å². The van der Waals surface area contributed by atoms with E-state index in [2.05, 4.69) is 4.90 Å². The van der Waals surface area contributed by atoms with Crippen molar-refractivity contribution in [2.75, 3.05) is 32.4 Å². The molecule has 0 saturated carbocycles. The van der Waals surface area contributed by atoms with E-state index in [1.807, 2.05) is 0 Å². The molecule has 1 atom stereocenters. The van der Waals surface area contributed by atoms with Crippen LogP contribution in [0.2, 0.25) is 0 Å². The van der Waals surface area contributed by atoms with Gasteiger partial charge in [0, 0.05) is 19.1 Å². The molecule has 4 nitrogen and oxygen atoms in total. The Morgan fingerprint density at radius 3 is 2.40 bits per heavy atom. The van der Waals surface area contributed by atoms with E-state index in [-0.39, 0.29) is 6.04 Å². The van der Waals surface area contributed by atoms with Crippen LogP contribution in [0.3, 0.4) is 0 Å². The highest BCUT2D eigenvalue weighted by atomic mass is 32.2. The van der Waals surface area contributed by atoms with E-state index in [9.17, 15) is 8.42 Å². The standard InChI is InChI=1S/C10H20N2O2S/c1-15(13,14)12-8-4-5-10(12)9-11-6-2-3-7-11/h10H,2-9H2,1H3/t10-/m1/s1. The van der Waals surface area contributed by atoms with Gasteiger partial charge < -0.3 is 4.90 Å². The van der Waals surface area contributed by atoms with Gasteiger partial charge in [-0.15, -0.1) is 0 Å². The normalized spacial score (nSPS) is 30.1. The first-order chi connectivity index (χ1) is 7.07. The Morgan fingerprint density at radius 2 is 1.80 bits per heavy atom. The first-order valence-corrected chi connectivity index (χ1v) is 7.61. The first-order valence-electron chi connectivity index (χ1n) is 5.76. The van der Waals surface area contributed by atoms with Gasteiger partial charge in [0.1, 0.15) is 0 Å². The van der Waals surface area contributed by atoms with E-state index in [0.29, 0.717) is 0 Å². The van der Waals surface area contributed by atoms with Gasteiger partial charge in [0.25, 0.3) is 0 Å². The minimum absolute atomic E-state index is 0.234. The quantitative estimate of drug-likeness (QED) is 0.712. The molecule has 5 heteroatoms. The Hall–Kier alpha value is -0.130. The molecule has 0 unspecified atom stereocenters. The number of nitrogens with zero attached hydrogens (tertiary/aromatic N) is 2. The highest BCUT2D eigenvalue weighted by Crippen LogP contribution is 2.22. The summed E-state index contributed by atoms with van der Waals surface area (Å²) in [5, 5.41) is 0. The van der Waals surface area contributed by atoms with Crippen molar-refractivity contribution in [1.29, 1.82) is 0 Å². The average Bonchev–Trinajstić information content (AvgIpc) is 2.73. The maximum Gasteiger partial charge on any atom is 0.211 e. The number of sulfonamides is 1. The highest BCUT2D eigenvalue weighted by molar-refractivity contribution is 7.88. The van der Waals surface area contributed by atoms with Crippen LogP contribution in [-0.2, 0) is 10.0 Å². The first kappa shape index (κ1) is 11.4. The van der Waals surface area contributed by atoms with Gasteiger partial charge in [0.15, 0.2) is 0 Å². The van der Waals surface area contributed by atoms with Crippen LogP contribution in [0.1, 0.15) is 25.7 Å². The Bertz CT molecular complexity index is 309. The zero-order chi connectivity index (χ0) is 10.9. The van der Waals surface area contributed by atoms with E-state index in [0.717, 1.165) is 39.0 Å². The summed E-state index contributed by atoms with van der Waals surface area (Å²) < 4.78 is 24.7. The maximum absolute atomic E-state index is 11.5. The number of likely N-dealkylation sites (tertiary alicyclic amines) is 1. The average molecular weight is 232 g/mol. The zero-order valence-electron chi connectivity index (χ0n) is 9.35. The van der Waals surface area contributed by atoms with E-state index in [1.54, 1.807) is 4.31 Å². The molecule has 2 heterocycles. The number of hydrogen-bond acceptors (Lipinski definition) is 3. The minimum Gasteiger partial charge on any atom is -0.302 e. The van der Waals surface area contributed by atoms with Crippen LogP contribution in [0.25, 0.3) is 0 Å². The van der Waals surface area contributed by atoms with Crippen LogP contribution in [0.5, 0.6) is 0 Å². The highest BCUT2D eigenvalue weighted by Gasteiger charge is 2.32. The summed E-state index contributed by atoms with van der Waals surface area (Å²) in [6.45, 7) is 3.95. The van der Waals surface area contributed by atoms with E-state index >= 15 is 0 Å². The van der Waals surface area contributed by atoms with Gasteiger partial charge in [0.2, 0.25) is 10.0 Å². The summed E-state index contributed by atoms with van der Waals surface area (Å²) in [5.41, 5.74) is 0. The van der Waals surface area contributed by atoms with E-state index in [1.165, 1.54) is 19.1 Å². The molecule has 88 valence electrons. The Balaban J connectivity index is 1.95. The fourth-order valence-electron chi connectivity index (χ4n) is 2.69. The second kappa shape index (κ2) is 4.39. The molecule has 2 rings (SSSR count). The molecule has 2 aliphatic rings. The second-order valence-electron chi connectivity index (χ2n) is 4.68. The lowest BCUT2D eigenvalue weighted by Crippen LogP contribution is -2.41. The van der Waals surface area contributed by atoms with Crippen LogP contribution in [0, 0.1) is 0 Å². The molecule has 2 saturated heterocycles. The molecule has 0 aromatic carbocycles. The molecule has 0 radical (unpaired) electrons. The molecular formula is C10H20N2O2S. The monoisotopic (exact) mass is 232 g/mol. The van der Waals surface area contributed by atoms with Crippen molar-refractivity contribution in [3.8, 4) is 0 Å². The second-order valence-corrected chi connectivity index (χ2v) is 6.61. The Labute approximate surface area is 92.3 Å². The predicted molar refractivity (Wildman–Crippen MR) is 60.2 cm³/mol. The Morgan fingerprint density at radius 1 is 1.13 bits per heavy atom. The van der Waals surface area contributed by atoms with Gasteiger partial charge in [-0.05, 0) is 38.8 Å². The predicted octanol–water partition coefficient (Wildman–Crippen LogP) is 0.506. The summed E-state index contributed by atoms with van der Waals surface area (Å²) in [5.74, 6) is 0. The lowest BCUT2D eigenvalue weighted by Gasteiger charge is -2.26. The minimum atomic E-state index is -2.99. The van der Waals surface area contributed by atoms with Crippen molar-refractivity contribution in [1.82, 2.24) is 9.21 Å². The molecule has 0 spiro atoms. The smallest absolute Gasteiger partial charge is 0.211 e. The molecule has 0 aromatic rings. The van der Waals surface area contributed by atoms with Crippen molar-refractivity contribution in [2.24, 2.45) is 0 Å². The van der Waals surface area contributed by atoms with Gasteiger partial charge in [-0.25, -0.2) is 8.42 Å². The van der Waals surface area contributed by atoms with Crippen molar-refractivity contribution in [3.63, 3.8) is 0 Å². The molecule has 0 aliphatic carbocycles. The third-order valence-corrected chi connectivity index (χ3v) is 4.75. The molecule has 2 aliphatic heterocycles. The fourth-order valence-corrected chi connectivity index (χ4v) is 3.87. The van der Waals surface area contributed by atoms with Crippen molar-refractivity contribution in [2.45, 2.75) is 31.7 Å². The topological polar surface area (TPSA) is 40.6 Å². The summed E-state index contributed by atoms with van der Waals surface area (Å²) in [6, 6.07) is 0.234. The molecule has 0 amide bonds. The van der Waals surface area contributed by atoms with Crippen LogP contribution in [0.15, 0.2) is 0 Å². The van der Waals surface area contributed by atoms with Crippen molar-refractivity contribution < 1.29 is 8.42 Å². The third kappa shape index (κ3) is 2.71. The van der Waals surface area contributed by atoms with Crippen LogP contribution < -0.4 is 0 Å². The SMILES string of the molecule is CS(=O)(=O)N1CCC[C@@H]1CN1CCCC1. The number of rotatable bonds is 3. The van der Waals surface area contributed by atoms with Gasteiger partial charge in [-0.1, -0.05) is 0 Å². The lowest BCUT2D eigenvalue weighted by atomic mass is 10.2. The molecule has 15 heavy (non-hydrogen) atoms. The summed E-state index contributed by atoms with van der Waals surface area (Å²) >= 11 is 0. The largest absolute Gasteiger partial charge is 0.302 e. The summed E-state index contributed by atoms with van der Waals surface area (Å²) in [4.78, 5) is 2.40. The van der Waals surface area contributed by atoms with E-state index in [4.69, 9.17) is 0 Å². The molecule has 0 aromatic heterocycles. The molecule has 0 bridgehead atoms. The maximum atomic E-state index is 11.5. The van der Waals surface area contributed by atoms with Gasteiger partial charge in [-0.3, -0.25) is 0 Å². The number of hydrogen-bond donors (Lipinski definition) is 0. The molecule has 0 N–H and O–H groups in total. The summed E-state index contributed by atoms with van der Waals surface area (Å²) in [7, 11) is -2.99. The fraction of sp³-hybridized carbons (Fsp3) is 1.00.